The van der Waals surface area contributed by atoms with E-state index in [0.29, 0.717) is 0 Å². The van der Waals surface area contributed by atoms with E-state index in [0.717, 1.165) is 18.8 Å². The Kier molecular flexibility index (Phi) is 10.1. The Morgan fingerprint density at radius 1 is 1.06 bits per heavy atom. The highest BCUT2D eigenvalue weighted by molar-refractivity contribution is 5.88. The topological polar surface area (TPSA) is 101 Å². The molecule has 1 atom stereocenters. The Morgan fingerprint density at radius 2 is 1.44 bits per heavy atom. The maximum Gasteiger partial charge on any atom is 0.343 e. The van der Waals surface area contributed by atoms with E-state index in [1.165, 1.54) is 0 Å². The first-order valence-electron chi connectivity index (χ1n) is 5.70. The van der Waals surface area contributed by atoms with Crippen molar-refractivity contribution in [1.82, 2.24) is 0 Å². The minimum Gasteiger partial charge on any atom is -0.481 e. The average Bonchev–Trinajstić information content (AvgIpc) is 2.16. The van der Waals surface area contributed by atoms with Crippen LogP contribution >= 0.6 is 0 Å². The van der Waals surface area contributed by atoms with Gasteiger partial charge in [-0.25, -0.2) is 4.79 Å². The van der Waals surface area contributed by atoms with E-state index >= 15 is 0 Å². The molecule has 0 amide bonds. The van der Waals surface area contributed by atoms with Gasteiger partial charge in [-0.15, -0.1) is 0 Å². The number of ether oxygens (including phenoxy) is 1. The zero-order valence-corrected chi connectivity index (χ0v) is 11.5. The van der Waals surface area contributed by atoms with E-state index in [1.807, 2.05) is 0 Å². The van der Waals surface area contributed by atoms with Crippen molar-refractivity contribution in [2.24, 2.45) is 11.8 Å². The van der Waals surface area contributed by atoms with Gasteiger partial charge in [-0.2, -0.15) is 0 Å². The fraction of sp³-hybridized carbons (Fsp3) is 0.750. The van der Waals surface area contributed by atoms with Gasteiger partial charge in [-0.05, 0) is 11.8 Å². The molecule has 0 aliphatic heterocycles. The summed E-state index contributed by atoms with van der Waals surface area (Å²) in [6.07, 6.45) is -2.56. The van der Waals surface area contributed by atoms with Crippen molar-refractivity contribution < 1.29 is 29.3 Å². The zero-order valence-electron chi connectivity index (χ0n) is 11.5. The summed E-state index contributed by atoms with van der Waals surface area (Å²) in [5, 5.41) is 16.8. The van der Waals surface area contributed by atoms with E-state index < -0.39 is 30.4 Å². The van der Waals surface area contributed by atoms with Crippen LogP contribution < -0.4 is 0 Å². The molecule has 0 rings (SSSR count). The minimum absolute atomic E-state index is 0.772. The molecular formula is C12H22O6. The van der Waals surface area contributed by atoms with Crippen LogP contribution in [0.15, 0.2) is 0 Å². The number of aliphatic hydroxyl groups excluding tert-OH is 1. The highest BCUT2D eigenvalue weighted by Gasteiger charge is 2.21. The molecule has 18 heavy (non-hydrogen) atoms. The van der Waals surface area contributed by atoms with Gasteiger partial charge in [0.05, 0.1) is 6.42 Å². The highest BCUT2D eigenvalue weighted by Crippen LogP contribution is 2.05. The van der Waals surface area contributed by atoms with Crippen molar-refractivity contribution in [2.75, 3.05) is 0 Å². The van der Waals surface area contributed by atoms with Gasteiger partial charge < -0.3 is 14.9 Å². The summed E-state index contributed by atoms with van der Waals surface area (Å²) < 4.78 is 3.92. The molecule has 106 valence electrons. The number of carbonyl (C=O) groups excluding carboxylic acids is 2. The second-order valence-electron chi connectivity index (χ2n) is 4.51. The molecule has 0 saturated carbocycles. The van der Waals surface area contributed by atoms with Crippen molar-refractivity contribution in [3.63, 3.8) is 0 Å². The van der Waals surface area contributed by atoms with Crippen LogP contribution in [0.25, 0.3) is 0 Å². The Balaban J connectivity index is 0. The molecule has 2 N–H and O–H groups in total. The number of aliphatic hydroxyl groups is 1. The molecular weight excluding hydrogens is 240 g/mol. The molecule has 0 fully saturated rings. The molecule has 0 aromatic rings. The lowest BCUT2D eigenvalue weighted by Gasteiger charge is -2.05. The van der Waals surface area contributed by atoms with Crippen LogP contribution in [0.2, 0.25) is 0 Å². The predicted molar refractivity (Wildman–Crippen MR) is 64.7 cm³/mol. The number of carbonyl (C=O) groups is 3. The number of carboxylic acid groups (broad SMARTS) is 1. The zero-order chi connectivity index (χ0) is 14.9. The second-order valence-corrected chi connectivity index (χ2v) is 4.51. The molecule has 6 nitrogen and oxygen atoms in total. The molecule has 0 spiro atoms. The molecule has 0 aromatic heterocycles. The van der Waals surface area contributed by atoms with Crippen molar-refractivity contribution >= 4 is 17.9 Å². The summed E-state index contributed by atoms with van der Waals surface area (Å²) in [4.78, 5) is 30.6. The Labute approximate surface area is 107 Å². The van der Waals surface area contributed by atoms with Crippen LogP contribution in [0.3, 0.4) is 0 Å². The minimum atomic E-state index is -1.79. The quantitative estimate of drug-likeness (QED) is 0.583. The smallest absolute Gasteiger partial charge is 0.343 e. The normalized spacial score (nSPS) is 11.6. The van der Waals surface area contributed by atoms with Gasteiger partial charge in [0.1, 0.15) is 0 Å². The first-order chi connectivity index (χ1) is 8.07. The standard InChI is InChI=1S/C6H8O6.C6H14/c1-3(7)12-6(11)4(8)2-5(9)10;1-5(2)6(3)4/h4,8H,2H2,1H3,(H,9,10);5-6H,1-4H3. The van der Waals surface area contributed by atoms with Gasteiger partial charge in [-0.1, -0.05) is 27.7 Å². The molecule has 0 heterocycles. The monoisotopic (exact) mass is 262 g/mol. The maximum absolute atomic E-state index is 10.5. The van der Waals surface area contributed by atoms with Gasteiger partial charge in [0.25, 0.3) is 0 Å². The van der Waals surface area contributed by atoms with E-state index in [-0.39, 0.29) is 0 Å². The van der Waals surface area contributed by atoms with Crippen LogP contribution in [0, 0.1) is 11.8 Å². The van der Waals surface area contributed by atoms with Crippen molar-refractivity contribution in [2.45, 2.75) is 47.1 Å². The number of carboxylic acids is 1. The lowest BCUT2D eigenvalue weighted by atomic mass is 10.0. The number of aliphatic carboxylic acids is 1. The van der Waals surface area contributed by atoms with Gasteiger partial charge >= 0.3 is 17.9 Å². The number of hydrogen-bond acceptors (Lipinski definition) is 5. The molecule has 1 unspecified atom stereocenters. The fourth-order valence-corrected chi connectivity index (χ4v) is 0.458. The van der Waals surface area contributed by atoms with E-state index in [1.54, 1.807) is 0 Å². The van der Waals surface area contributed by atoms with E-state index in [2.05, 4.69) is 32.4 Å². The first-order valence-corrected chi connectivity index (χ1v) is 5.70. The Morgan fingerprint density at radius 3 is 1.67 bits per heavy atom. The van der Waals surface area contributed by atoms with Gasteiger partial charge in [0.2, 0.25) is 0 Å². The Bertz CT molecular complexity index is 276. The van der Waals surface area contributed by atoms with Crippen molar-refractivity contribution in [1.29, 1.82) is 0 Å². The Hall–Kier alpha value is -1.43. The SMILES string of the molecule is CC(=O)OC(=O)C(O)CC(=O)O.CC(C)C(C)C. The summed E-state index contributed by atoms with van der Waals surface area (Å²) in [5.41, 5.74) is 0. The molecule has 0 bridgehead atoms. The lowest BCUT2D eigenvalue weighted by molar-refractivity contribution is -0.167. The van der Waals surface area contributed by atoms with Crippen molar-refractivity contribution in [3.05, 3.63) is 0 Å². The van der Waals surface area contributed by atoms with Crippen LogP contribution in [0.5, 0.6) is 0 Å². The average molecular weight is 262 g/mol. The summed E-state index contributed by atoms with van der Waals surface area (Å²) in [5.74, 6) is -1.77. The summed E-state index contributed by atoms with van der Waals surface area (Å²) in [6.45, 7) is 9.94. The number of hydrogen-bond donors (Lipinski definition) is 2. The highest BCUT2D eigenvalue weighted by atomic mass is 16.6. The molecule has 6 heteroatoms. The molecule has 0 radical (unpaired) electrons. The van der Waals surface area contributed by atoms with Crippen LogP contribution in [0.4, 0.5) is 0 Å². The number of rotatable bonds is 4. The fourth-order valence-electron chi connectivity index (χ4n) is 0.458. The third-order valence-electron chi connectivity index (χ3n) is 2.22. The summed E-state index contributed by atoms with van der Waals surface area (Å²) in [6, 6.07) is 0. The molecule has 0 aliphatic rings. The van der Waals surface area contributed by atoms with Crippen LogP contribution in [-0.4, -0.2) is 34.2 Å². The van der Waals surface area contributed by atoms with E-state index in [4.69, 9.17) is 10.2 Å². The van der Waals surface area contributed by atoms with Gasteiger partial charge in [-0.3, -0.25) is 9.59 Å². The maximum atomic E-state index is 10.5. The lowest BCUT2D eigenvalue weighted by Crippen LogP contribution is -2.27. The number of esters is 2. The molecule has 0 aliphatic carbocycles. The van der Waals surface area contributed by atoms with Crippen LogP contribution in [0.1, 0.15) is 41.0 Å². The second kappa shape index (κ2) is 9.58. The first kappa shape index (κ1) is 18.9. The van der Waals surface area contributed by atoms with Crippen LogP contribution in [-0.2, 0) is 19.1 Å². The third-order valence-corrected chi connectivity index (χ3v) is 2.22. The third kappa shape index (κ3) is 12.6. The summed E-state index contributed by atoms with van der Waals surface area (Å²) in [7, 11) is 0. The predicted octanol–water partition coefficient (Wildman–Crippen LogP) is 1.21. The molecule has 0 saturated heterocycles. The van der Waals surface area contributed by atoms with Gasteiger partial charge in [0.15, 0.2) is 6.10 Å². The van der Waals surface area contributed by atoms with Crippen molar-refractivity contribution in [3.8, 4) is 0 Å². The summed E-state index contributed by atoms with van der Waals surface area (Å²) >= 11 is 0. The molecule has 0 aromatic carbocycles. The largest absolute Gasteiger partial charge is 0.481 e. The van der Waals surface area contributed by atoms with Gasteiger partial charge in [0, 0.05) is 6.92 Å². The van der Waals surface area contributed by atoms with E-state index in [9.17, 15) is 14.4 Å².